The summed E-state index contributed by atoms with van der Waals surface area (Å²) in [6.45, 7) is -0.795. The molecule has 7 heteroatoms. The van der Waals surface area contributed by atoms with Gasteiger partial charge in [-0.3, -0.25) is 4.90 Å². The molecule has 0 spiro atoms. The van der Waals surface area contributed by atoms with Gasteiger partial charge in [0.15, 0.2) is 5.65 Å². The highest BCUT2D eigenvalue weighted by molar-refractivity contribution is 5.77. The maximum Gasteiger partial charge on any atom is 0.387 e. The summed E-state index contributed by atoms with van der Waals surface area (Å²) in [6.07, 6.45) is 0.777. The summed E-state index contributed by atoms with van der Waals surface area (Å²) in [7, 11) is 0. The Hall–Kier alpha value is -2.80. The number of para-hydroxylation sites is 1. The van der Waals surface area contributed by atoms with E-state index in [1.165, 1.54) is 0 Å². The Balaban J connectivity index is 1.56. The molecule has 1 aliphatic heterocycles. The van der Waals surface area contributed by atoms with Crippen molar-refractivity contribution < 1.29 is 13.5 Å². The number of nitrogens with two attached hydrogens (primary N) is 1. The van der Waals surface area contributed by atoms with Crippen molar-refractivity contribution in [1.82, 2.24) is 14.9 Å². The number of benzene rings is 1. The fraction of sp³-hybridized carbons (Fsp3) is 0.263. The van der Waals surface area contributed by atoms with Gasteiger partial charge in [0.05, 0.1) is 0 Å². The smallest absolute Gasteiger partial charge is 0.387 e. The first kappa shape index (κ1) is 16.7. The number of rotatable bonds is 4. The molecule has 0 aliphatic carbocycles. The van der Waals surface area contributed by atoms with Crippen molar-refractivity contribution in [2.24, 2.45) is 0 Å². The summed E-state index contributed by atoms with van der Waals surface area (Å²) in [5.74, 6) is 0.683. The number of fused-ring (bicyclic) bond motifs is 2. The lowest BCUT2D eigenvalue weighted by Crippen LogP contribution is -2.31. The monoisotopic (exact) mass is 356 g/mol. The summed E-state index contributed by atoms with van der Waals surface area (Å²) >= 11 is 0. The SMILES string of the molecule is Nc1ccc2cc3c(nc2n1)CCN(Cc1ccccc1OC(F)F)C3. The van der Waals surface area contributed by atoms with E-state index < -0.39 is 6.61 Å². The molecule has 0 saturated heterocycles. The molecular weight excluding hydrogens is 338 g/mol. The third kappa shape index (κ3) is 3.43. The number of hydrogen-bond donors (Lipinski definition) is 1. The highest BCUT2D eigenvalue weighted by Gasteiger charge is 2.20. The fourth-order valence-corrected chi connectivity index (χ4v) is 3.31. The van der Waals surface area contributed by atoms with Crippen LogP contribution in [0.4, 0.5) is 14.6 Å². The Labute approximate surface area is 149 Å². The molecule has 4 rings (SSSR count). The zero-order chi connectivity index (χ0) is 18.1. The van der Waals surface area contributed by atoms with Crippen molar-refractivity contribution in [2.45, 2.75) is 26.1 Å². The lowest BCUT2D eigenvalue weighted by molar-refractivity contribution is -0.0508. The number of halogens is 2. The first-order valence-electron chi connectivity index (χ1n) is 8.38. The van der Waals surface area contributed by atoms with Crippen LogP contribution >= 0.6 is 0 Å². The Morgan fingerprint density at radius 3 is 2.85 bits per heavy atom. The lowest BCUT2D eigenvalue weighted by atomic mass is 10.0. The van der Waals surface area contributed by atoms with E-state index in [9.17, 15) is 8.78 Å². The number of anilines is 1. The first-order chi connectivity index (χ1) is 12.6. The fourth-order valence-electron chi connectivity index (χ4n) is 3.31. The van der Waals surface area contributed by atoms with E-state index in [1.807, 2.05) is 18.2 Å². The third-order valence-corrected chi connectivity index (χ3v) is 4.51. The molecule has 0 amide bonds. The van der Waals surface area contributed by atoms with Crippen LogP contribution in [0, 0.1) is 0 Å². The van der Waals surface area contributed by atoms with E-state index in [-0.39, 0.29) is 5.75 Å². The molecule has 5 nitrogen and oxygen atoms in total. The summed E-state index contributed by atoms with van der Waals surface area (Å²) in [5.41, 5.74) is 9.29. The minimum absolute atomic E-state index is 0.226. The molecule has 1 aromatic carbocycles. The summed E-state index contributed by atoms with van der Waals surface area (Å²) in [5, 5.41) is 0.946. The van der Waals surface area contributed by atoms with Gasteiger partial charge in [0.25, 0.3) is 0 Å². The molecule has 0 unspecified atom stereocenters. The van der Waals surface area contributed by atoms with E-state index in [0.717, 1.165) is 35.2 Å². The van der Waals surface area contributed by atoms with Gasteiger partial charge in [-0.05, 0) is 29.8 Å². The predicted molar refractivity (Wildman–Crippen MR) is 94.8 cm³/mol. The van der Waals surface area contributed by atoms with Gasteiger partial charge in [-0.2, -0.15) is 8.78 Å². The second-order valence-electron chi connectivity index (χ2n) is 6.32. The Morgan fingerprint density at radius 1 is 1.15 bits per heavy atom. The second kappa shape index (κ2) is 6.84. The quantitative estimate of drug-likeness (QED) is 0.776. The number of aromatic nitrogens is 2. The maximum atomic E-state index is 12.6. The van der Waals surface area contributed by atoms with Crippen LogP contribution in [0.3, 0.4) is 0 Å². The zero-order valence-corrected chi connectivity index (χ0v) is 14.0. The summed E-state index contributed by atoms with van der Waals surface area (Å²) < 4.78 is 29.8. The summed E-state index contributed by atoms with van der Waals surface area (Å²) in [6, 6.07) is 12.7. The molecular formula is C19H18F2N4O. The molecule has 3 aromatic rings. The van der Waals surface area contributed by atoms with Crippen LogP contribution in [0.1, 0.15) is 16.8 Å². The number of nitrogens with zero attached hydrogens (tertiary/aromatic N) is 3. The molecule has 0 atom stereocenters. The van der Waals surface area contributed by atoms with Gasteiger partial charge in [0.2, 0.25) is 0 Å². The zero-order valence-electron chi connectivity index (χ0n) is 14.0. The Bertz CT molecular complexity index is 948. The van der Waals surface area contributed by atoms with Crippen LogP contribution < -0.4 is 10.5 Å². The maximum absolute atomic E-state index is 12.6. The van der Waals surface area contributed by atoms with Crippen molar-refractivity contribution in [1.29, 1.82) is 0 Å². The highest BCUT2D eigenvalue weighted by Crippen LogP contribution is 2.26. The van der Waals surface area contributed by atoms with Gasteiger partial charge >= 0.3 is 6.61 Å². The number of nitrogen functional groups attached to an aromatic ring is 1. The number of ether oxygens (including phenoxy) is 1. The Morgan fingerprint density at radius 2 is 2.00 bits per heavy atom. The van der Waals surface area contributed by atoms with Crippen LogP contribution in [0.2, 0.25) is 0 Å². The van der Waals surface area contributed by atoms with E-state index >= 15 is 0 Å². The van der Waals surface area contributed by atoms with Crippen LogP contribution in [0.5, 0.6) is 5.75 Å². The average molecular weight is 356 g/mol. The third-order valence-electron chi connectivity index (χ3n) is 4.51. The van der Waals surface area contributed by atoms with Crippen molar-refractivity contribution in [2.75, 3.05) is 12.3 Å². The molecule has 1 aliphatic rings. The van der Waals surface area contributed by atoms with Gasteiger partial charge < -0.3 is 10.5 Å². The summed E-state index contributed by atoms with van der Waals surface area (Å²) in [4.78, 5) is 11.1. The second-order valence-corrected chi connectivity index (χ2v) is 6.32. The van der Waals surface area contributed by atoms with Crippen molar-refractivity contribution >= 4 is 16.9 Å². The van der Waals surface area contributed by atoms with E-state index in [2.05, 4.69) is 25.7 Å². The largest absolute Gasteiger partial charge is 0.434 e. The van der Waals surface area contributed by atoms with E-state index in [4.69, 9.17) is 5.73 Å². The van der Waals surface area contributed by atoms with Gasteiger partial charge in [-0.25, -0.2) is 9.97 Å². The molecule has 2 aromatic heterocycles. The molecule has 2 N–H and O–H groups in total. The minimum Gasteiger partial charge on any atom is -0.434 e. The molecule has 134 valence electrons. The van der Waals surface area contributed by atoms with E-state index in [0.29, 0.717) is 24.6 Å². The lowest BCUT2D eigenvalue weighted by Gasteiger charge is -2.28. The van der Waals surface area contributed by atoms with Crippen LogP contribution in [0.15, 0.2) is 42.5 Å². The predicted octanol–water partition coefficient (Wildman–Crippen LogP) is 3.37. The van der Waals surface area contributed by atoms with Crippen LogP contribution in [-0.2, 0) is 19.5 Å². The Kier molecular flexibility index (Phi) is 4.38. The minimum atomic E-state index is -2.83. The van der Waals surface area contributed by atoms with Crippen LogP contribution in [0.25, 0.3) is 11.0 Å². The van der Waals surface area contributed by atoms with E-state index in [1.54, 1.807) is 18.2 Å². The van der Waals surface area contributed by atoms with Crippen molar-refractivity contribution in [3.8, 4) is 5.75 Å². The molecule has 26 heavy (non-hydrogen) atoms. The van der Waals surface area contributed by atoms with Crippen molar-refractivity contribution in [3.63, 3.8) is 0 Å². The molecule has 0 radical (unpaired) electrons. The standard InChI is InChI=1S/C19H18F2N4O/c20-19(21)26-16-4-2-1-3-13(16)10-25-8-7-15-14(11-25)9-12-5-6-17(22)24-18(12)23-15/h1-6,9,19H,7-8,10-11H2,(H2,22,23,24). The number of alkyl halides is 2. The van der Waals surface area contributed by atoms with Gasteiger partial charge in [-0.1, -0.05) is 18.2 Å². The first-order valence-corrected chi connectivity index (χ1v) is 8.38. The number of hydrogen-bond acceptors (Lipinski definition) is 5. The van der Waals surface area contributed by atoms with Gasteiger partial charge in [0.1, 0.15) is 11.6 Å². The molecule has 0 fully saturated rings. The van der Waals surface area contributed by atoms with Crippen molar-refractivity contribution in [3.05, 3.63) is 59.3 Å². The molecule has 0 bridgehead atoms. The molecule has 3 heterocycles. The van der Waals surface area contributed by atoms with Crippen LogP contribution in [-0.4, -0.2) is 28.0 Å². The normalized spacial score (nSPS) is 14.6. The topological polar surface area (TPSA) is 64.3 Å². The van der Waals surface area contributed by atoms with Gasteiger partial charge in [0, 0.05) is 42.7 Å². The molecule has 0 saturated carbocycles. The average Bonchev–Trinajstić information content (AvgIpc) is 2.61. The van der Waals surface area contributed by atoms with Gasteiger partial charge in [-0.15, -0.1) is 0 Å². The highest BCUT2D eigenvalue weighted by atomic mass is 19.3. The number of pyridine rings is 2.